The zero-order valence-electron chi connectivity index (χ0n) is 13.5. The van der Waals surface area contributed by atoms with Crippen LogP contribution in [-0.4, -0.2) is 18.0 Å². The Labute approximate surface area is 125 Å². The van der Waals surface area contributed by atoms with E-state index in [0.29, 0.717) is 5.92 Å². The fourth-order valence-electron chi connectivity index (χ4n) is 3.13. The largest absolute Gasteiger partial charge is 0.368 e. The van der Waals surface area contributed by atoms with Gasteiger partial charge in [0, 0.05) is 0 Å². The van der Waals surface area contributed by atoms with Gasteiger partial charge in [-0.3, -0.25) is 4.79 Å². The van der Waals surface area contributed by atoms with Gasteiger partial charge in [0.1, 0.15) is 0 Å². The number of amides is 1. The molecule has 0 aromatic carbocycles. The molecular weight excluding hydrogens is 248 g/mol. The molecule has 1 aliphatic carbocycles. The van der Waals surface area contributed by atoms with Crippen molar-refractivity contribution in [2.45, 2.75) is 90.0 Å². The number of carbonyl (C=O) groups is 1. The molecule has 1 rings (SSSR count). The summed E-state index contributed by atoms with van der Waals surface area (Å²) in [4.78, 5) is 12.1. The van der Waals surface area contributed by atoms with Crippen LogP contribution in [0.3, 0.4) is 0 Å². The Balaban J connectivity index is 2.64. The van der Waals surface area contributed by atoms with Crippen molar-refractivity contribution in [2.24, 2.45) is 11.7 Å². The Hall–Kier alpha value is -0.570. The highest BCUT2D eigenvalue weighted by molar-refractivity contribution is 5.84. The summed E-state index contributed by atoms with van der Waals surface area (Å²) in [6.07, 6.45) is 13.2. The summed E-state index contributed by atoms with van der Waals surface area (Å²) in [5, 5.41) is 3.51. The molecule has 0 unspecified atom stereocenters. The van der Waals surface area contributed by atoms with Gasteiger partial charge in [-0.1, -0.05) is 71.6 Å². The molecule has 1 saturated carbocycles. The van der Waals surface area contributed by atoms with Gasteiger partial charge in [-0.2, -0.15) is 0 Å². The molecule has 1 aliphatic rings. The second kappa shape index (κ2) is 9.38. The number of nitrogens with one attached hydrogen (secondary N) is 1. The number of carbonyl (C=O) groups excluding carboxylic acids is 1. The molecule has 0 saturated heterocycles. The molecule has 118 valence electrons. The van der Waals surface area contributed by atoms with E-state index in [1.165, 1.54) is 44.9 Å². The van der Waals surface area contributed by atoms with Gasteiger partial charge in [-0.15, -0.1) is 0 Å². The van der Waals surface area contributed by atoms with Crippen molar-refractivity contribution >= 4 is 5.91 Å². The van der Waals surface area contributed by atoms with Crippen LogP contribution in [0.2, 0.25) is 0 Å². The summed E-state index contributed by atoms with van der Waals surface area (Å²) in [5.74, 6) is 0.405. The van der Waals surface area contributed by atoms with Crippen molar-refractivity contribution in [1.82, 2.24) is 5.32 Å². The van der Waals surface area contributed by atoms with Crippen molar-refractivity contribution in [3.8, 4) is 0 Å². The Morgan fingerprint density at radius 1 is 0.950 bits per heavy atom. The maximum absolute atomic E-state index is 12.1. The first-order valence-corrected chi connectivity index (χ1v) is 8.62. The average Bonchev–Trinajstić information content (AvgIpc) is 2.38. The maximum Gasteiger partial charge on any atom is 0.237 e. The van der Waals surface area contributed by atoms with Gasteiger partial charge in [0.05, 0.1) is 5.54 Å². The summed E-state index contributed by atoms with van der Waals surface area (Å²) in [7, 11) is 0. The molecule has 0 bridgehead atoms. The number of hydrogen-bond donors (Lipinski definition) is 2. The van der Waals surface area contributed by atoms with Crippen LogP contribution in [0.4, 0.5) is 0 Å². The molecule has 0 atom stereocenters. The van der Waals surface area contributed by atoms with E-state index in [-0.39, 0.29) is 5.91 Å². The summed E-state index contributed by atoms with van der Waals surface area (Å²) in [6.45, 7) is 5.23. The first kappa shape index (κ1) is 17.5. The molecule has 0 heterocycles. The third-order valence-corrected chi connectivity index (χ3v) is 4.53. The normalized spacial score (nSPS) is 21.9. The van der Waals surface area contributed by atoms with E-state index in [1.807, 2.05) is 0 Å². The Morgan fingerprint density at radius 3 is 1.70 bits per heavy atom. The topological polar surface area (TPSA) is 55.1 Å². The van der Waals surface area contributed by atoms with E-state index in [4.69, 9.17) is 5.73 Å². The third-order valence-electron chi connectivity index (χ3n) is 4.53. The van der Waals surface area contributed by atoms with E-state index >= 15 is 0 Å². The average molecular weight is 282 g/mol. The SMILES string of the molecule is CC(C)CNC1(C(N)=O)CCCCCCCCCCC1. The standard InChI is InChI=1S/C17H34N2O/c1-15(2)14-19-17(16(18)20)12-10-8-6-4-3-5-7-9-11-13-17/h15,19H,3-14H2,1-2H3,(H2,18,20). The molecule has 3 heteroatoms. The summed E-state index contributed by atoms with van der Waals surface area (Å²) < 4.78 is 0. The first-order valence-electron chi connectivity index (χ1n) is 8.62. The first-order chi connectivity index (χ1) is 9.57. The minimum Gasteiger partial charge on any atom is -0.368 e. The van der Waals surface area contributed by atoms with Gasteiger partial charge in [-0.05, 0) is 25.3 Å². The lowest BCUT2D eigenvalue weighted by molar-refractivity contribution is -0.125. The molecule has 1 amide bonds. The lowest BCUT2D eigenvalue weighted by atomic mass is 9.84. The van der Waals surface area contributed by atoms with Crippen molar-refractivity contribution < 1.29 is 4.79 Å². The van der Waals surface area contributed by atoms with E-state index in [1.54, 1.807) is 0 Å². The molecular formula is C17H34N2O. The molecule has 0 aliphatic heterocycles. The molecule has 3 N–H and O–H groups in total. The highest BCUT2D eigenvalue weighted by atomic mass is 16.1. The van der Waals surface area contributed by atoms with E-state index in [2.05, 4.69) is 19.2 Å². The monoisotopic (exact) mass is 282 g/mol. The van der Waals surface area contributed by atoms with Crippen LogP contribution >= 0.6 is 0 Å². The maximum atomic E-state index is 12.1. The molecule has 1 fully saturated rings. The third kappa shape index (κ3) is 6.25. The second-order valence-corrected chi connectivity index (χ2v) is 6.90. The van der Waals surface area contributed by atoms with Crippen LogP contribution < -0.4 is 11.1 Å². The molecule has 0 spiro atoms. The summed E-state index contributed by atoms with van der Waals surface area (Å²) in [6, 6.07) is 0. The molecule has 0 aromatic heterocycles. The van der Waals surface area contributed by atoms with Gasteiger partial charge in [0.25, 0.3) is 0 Å². The lowest BCUT2D eigenvalue weighted by Gasteiger charge is -2.33. The van der Waals surface area contributed by atoms with E-state index < -0.39 is 5.54 Å². The van der Waals surface area contributed by atoms with Crippen LogP contribution in [0, 0.1) is 5.92 Å². The van der Waals surface area contributed by atoms with Crippen LogP contribution in [0.1, 0.15) is 84.5 Å². The van der Waals surface area contributed by atoms with Crippen molar-refractivity contribution in [3.63, 3.8) is 0 Å². The number of hydrogen-bond acceptors (Lipinski definition) is 2. The fraction of sp³-hybridized carbons (Fsp3) is 0.941. The summed E-state index contributed by atoms with van der Waals surface area (Å²) in [5.41, 5.74) is 5.31. The summed E-state index contributed by atoms with van der Waals surface area (Å²) >= 11 is 0. The Kier molecular flexibility index (Phi) is 8.20. The van der Waals surface area contributed by atoms with Gasteiger partial charge in [0.15, 0.2) is 0 Å². The van der Waals surface area contributed by atoms with Gasteiger partial charge in [-0.25, -0.2) is 0 Å². The van der Waals surface area contributed by atoms with Crippen molar-refractivity contribution in [3.05, 3.63) is 0 Å². The van der Waals surface area contributed by atoms with Crippen LogP contribution in [0.15, 0.2) is 0 Å². The van der Waals surface area contributed by atoms with Crippen LogP contribution in [0.5, 0.6) is 0 Å². The number of nitrogens with two attached hydrogens (primary N) is 1. The molecule has 0 radical (unpaired) electrons. The highest BCUT2D eigenvalue weighted by Crippen LogP contribution is 2.25. The van der Waals surface area contributed by atoms with Crippen LogP contribution in [-0.2, 0) is 4.79 Å². The highest BCUT2D eigenvalue weighted by Gasteiger charge is 2.34. The number of primary amides is 1. The van der Waals surface area contributed by atoms with Crippen molar-refractivity contribution in [1.29, 1.82) is 0 Å². The van der Waals surface area contributed by atoms with E-state index in [0.717, 1.165) is 32.2 Å². The minimum atomic E-state index is -0.455. The Morgan fingerprint density at radius 2 is 1.35 bits per heavy atom. The van der Waals surface area contributed by atoms with E-state index in [9.17, 15) is 4.79 Å². The second-order valence-electron chi connectivity index (χ2n) is 6.90. The smallest absolute Gasteiger partial charge is 0.237 e. The Bertz CT molecular complexity index is 264. The van der Waals surface area contributed by atoms with Crippen molar-refractivity contribution in [2.75, 3.05) is 6.54 Å². The zero-order valence-corrected chi connectivity index (χ0v) is 13.5. The lowest BCUT2D eigenvalue weighted by Crippen LogP contribution is -2.56. The fourth-order valence-corrected chi connectivity index (χ4v) is 3.13. The predicted octanol–water partition coefficient (Wildman–Crippen LogP) is 3.76. The zero-order chi connectivity index (χ0) is 14.8. The van der Waals surface area contributed by atoms with Gasteiger partial charge < -0.3 is 11.1 Å². The van der Waals surface area contributed by atoms with Gasteiger partial charge >= 0.3 is 0 Å². The molecule has 3 nitrogen and oxygen atoms in total. The number of rotatable bonds is 4. The van der Waals surface area contributed by atoms with Crippen LogP contribution in [0.25, 0.3) is 0 Å². The molecule has 0 aromatic rings. The van der Waals surface area contributed by atoms with Gasteiger partial charge in [0.2, 0.25) is 5.91 Å². The quantitative estimate of drug-likeness (QED) is 0.825. The molecule has 20 heavy (non-hydrogen) atoms. The minimum absolute atomic E-state index is 0.143. The predicted molar refractivity (Wildman–Crippen MR) is 85.6 cm³/mol.